The number of methoxy groups -OCH3 is 1. The third-order valence-corrected chi connectivity index (χ3v) is 5.17. The molecule has 2 N–H and O–H groups in total. The quantitative estimate of drug-likeness (QED) is 0.826. The standard InChI is InChI=1S/C19H19N3O4S/c1-12(23)20-15-7-3-13(4-8-15)18(25)21-22-17(24)11-27-19(22)14-5-9-16(26-2)10-6-14/h3-10,19H,11H2,1-2H3,(H,20,23)(H,21,25). The van der Waals surface area contributed by atoms with Gasteiger partial charge in [-0.05, 0) is 42.0 Å². The van der Waals surface area contributed by atoms with Crippen molar-refractivity contribution in [3.63, 3.8) is 0 Å². The molecule has 1 unspecified atom stereocenters. The molecule has 0 aromatic heterocycles. The molecule has 7 nitrogen and oxygen atoms in total. The zero-order valence-electron chi connectivity index (χ0n) is 14.9. The van der Waals surface area contributed by atoms with Gasteiger partial charge in [-0.2, -0.15) is 0 Å². The van der Waals surface area contributed by atoms with Crippen LogP contribution in [0.1, 0.15) is 28.2 Å². The molecule has 0 aliphatic carbocycles. The molecule has 2 aromatic rings. The maximum absolute atomic E-state index is 12.5. The number of amides is 3. The van der Waals surface area contributed by atoms with E-state index in [2.05, 4.69) is 10.7 Å². The first-order valence-corrected chi connectivity index (χ1v) is 9.29. The van der Waals surface area contributed by atoms with Gasteiger partial charge in [0, 0.05) is 18.2 Å². The third-order valence-electron chi connectivity index (χ3n) is 3.96. The minimum atomic E-state index is -0.390. The van der Waals surface area contributed by atoms with Gasteiger partial charge in [0.25, 0.3) is 11.8 Å². The Hall–Kier alpha value is -3.00. The molecular formula is C19H19N3O4S. The van der Waals surface area contributed by atoms with Crippen molar-refractivity contribution in [3.05, 3.63) is 59.7 Å². The van der Waals surface area contributed by atoms with Gasteiger partial charge in [0.05, 0.1) is 12.9 Å². The Bertz CT molecular complexity index is 852. The van der Waals surface area contributed by atoms with Crippen LogP contribution in [0.15, 0.2) is 48.5 Å². The Morgan fingerprint density at radius 1 is 1.11 bits per heavy atom. The normalized spacial score (nSPS) is 16.1. The SMILES string of the molecule is COc1ccc(C2SCC(=O)N2NC(=O)c2ccc(NC(C)=O)cc2)cc1. The number of nitrogens with zero attached hydrogens (tertiary/aromatic N) is 1. The van der Waals surface area contributed by atoms with Crippen LogP contribution in [-0.4, -0.2) is 35.6 Å². The van der Waals surface area contributed by atoms with E-state index in [0.717, 1.165) is 11.3 Å². The Morgan fingerprint density at radius 3 is 2.37 bits per heavy atom. The lowest BCUT2D eigenvalue weighted by Gasteiger charge is -2.24. The predicted octanol–water partition coefficient (Wildman–Crippen LogP) is 2.57. The number of anilines is 1. The highest BCUT2D eigenvalue weighted by atomic mass is 32.2. The first kappa shape index (κ1) is 18.8. The number of benzene rings is 2. The first-order chi connectivity index (χ1) is 13.0. The van der Waals surface area contributed by atoms with Crippen molar-refractivity contribution < 1.29 is 19.1 Å². The monoisotopic (exact) mass is 385 g/mol. The summed E-state index contributed by atoms with van der Waals surface area (Å²) in [5, 5.41) is 3.70. The second-order valence-electron chi connectivity index (χ2n) is 5.90. The number of hydrazine groups is 1. The molecule has 3 amide bonds. The van der Waals surface area contributed by atoms with Crippen molar-refractivity contribution >= 4 is 35.2 Å². The number of thioether (sulfide) groups is 1. The van der Waals surface area contributed by atoms with Crippen molar-refractivity contribution in [2.24, 2.45) is 0 Å². The molecule has 1 aliphatic heterocycles. The van der Waals surface area contributed by atoms with E-state index in [1.807, 2.05) is 24.3 Å². The van der Waals surface area contributed by atoms with Crippen LogP contribution >= 0.6 is 11.8 Å². The van der Waals surface area contributed by atoms with Crippen LogP contribution in [0.2, 0.25) is 0 Å². The molecule has 8 heteroatoms. The van der Waals surface area contributed by atoms with Crippen LogP contribution in [0, 0.1) is 0 Å². The van der Waals surface area contributed by atoms with Crippen LogP contribution in [0.5, 0.6) is 5.75 Å². The molecule has 2 aromatic carbocycles. The molecule has 27 heavy (non-hydrogen) atoms. The van der Waals surface area contributed by atoms with E-state index in [0.29, 0.717) is 17.0 Å². The van der Waals surface area contributed by atoms with Gasteiger partial charge in [-0.15, -0.1) is 11.8 Å². The highest BCUT2D eigenvalue weighted by molar-refractivity contribution is 8.00. The second kappa shape index (κ2) is 8.13. The molecular weight excluding hydrogens is 366 g/mol. The van der Waals surface area contributed by atoms with Crippen molar-refractivity contribution in [2.75, 3.05) is 18.2 Å². The predicted molar refractivity (Wildman–Crippen MR) is 103 cm³/mol. The van der Waals surface area contributed by atoms with Gasteiger partial charge in [0.15, 0.2) is 0 Å². The van der Waals surface area contributed by atoms with E-state index < -0.39 is 5.91 Å². The number of hydrogen-bond donors (Lipinski definition) is 2. The molecule has 1 heterocycles. The molecule has 0 saturated carbocycles. The summed E-state index contributed by atoms with van der Waals surface area (Å²) in [6.45, 7) is 1.41. The minimum Gasteiger partial charge on any atom is -0.497 e. The van der Waals surface area contributed by atoms with Crippen LogP contribution in [0.25, 0.3) is 0 Å². The highest BCUT2D eigenvalue weighted by Gasteiger charge is 2.34. The maximum atomic E-state index is 12.5. The fourth-order valence-corrected chi connectivity index (χ4v) is 3.75. The van der Waals surface area contributed by atoms with Crippen molar-refractivity contribution in [2.45, 2.75) is 12.3 Å². The fraction of sp³-hybridized carbons (Fsp3) is 0.211. The zero-order chi connectivity index (χ0) is 19.4. The molecule has 1 fully saturated rings. The molecule has 1 saturated heterocycles. The zero-order valence-corrected chi connectivity index (χ0v) is 15.7. The topological polar surface area (TPSA) is 87.7 Å². The lowest BCUT2D eigenvalue weighted by molar-refractivity contribution is -0.130. The van der Waals surface area contributed by atoms with Gasteiger partial charge in [-0.25, -0.2) is 5.01 Å². The molecule has 0 spiro atoms. The average molecular weight is 385 g/mol. The smallest absolute Gasteiger partial charge is 0.269 e. The molecule has 3 rings (SSSR count). The number of carbonyl (C=O) groups is 3. The molecule has 1 aliphatic rings. The summed E-state index contributed by atoms with van der Waals surface area (Å²) in [5.41, 5.74) is 4.57. The number of ether oxygens (including phenoxy) is 1. The van der Waals surface area contributed by atoms with E-state index in [1.54, 1.807) is 31.4 Å². The first-order valence-electron chi connectivity index (χ1n) is 8.24. The van der Waals surface area contributed by atoms with Crippen LogP contribution < -0.4 is 15.5 Å². The Labute approximate surface area is 161 Å². The van der Waals surface area contributed by atoms with Crippen molar-refractivity contribution in [1.82, 2.24) is 10.4 Å². The number of carbonyl (C=O) groups excluding carboxylic acids is 3. The van der Waals surface area contributed by atoms with Gasteiger partial charge in [-0.3, -0.25) is 19.8 Å². The third kappa shape index (κ3) is 4.40. The van der Waals surface area contributed by atoms with E-state index in [9.17, 15) is 14.4 Å². The van der Waals surface area contributed by atoms with Crippen LogP contribution in [0.4, 0.5) is 5.69 Å². The van der Waals surface area contributed by atoms with Gasteiger partial charge >= 0.3 is 0 Å². The molecule has 140 valence electrons. The summed E-state index contributed by atoms with van der Waals surface area (Å²) in [4.78, 5) is 35.8. The van der Waals surface area contributed by atoms with Crippen LogP contribution in [0.3, 0.4) is 0 Å². The van der Waals surface area contributed by atoms with Crippen molar-refractivity contribution in [1.29, 1.82) is 0 Å². The molecule has 1 atom stereocenters. The van der Waals surface area contributed by atoms with E-state index in [1.165, 1.54) is 23.7 Å². The fourth-order valence-electron chi connectivity index (χ4n) is 2.64. The van der Waals surface area contributed by atoms with Crippen molar-refractivity contribution in [3.8, 4) is 5.75 Å². The summed E-state index contributed by atoms with van der Waals surface area (Å²) < 4.78 is 5.15. The molecule has 0 bridgehead atoms. The van der Waals surface area contributed by atoms with E-state index >= 15 is 0 Å². The summed E-state index contributed by atoms with van der Waals surface area (Å²) in [6, 6.07) is 13.8. The highest BCUT2D eigenvalue weighted by Crippen LogP contribution is 2.37. The maximum Gasteiger partial charge on any atom is 0.269 e. The minimum absolute atomic E-state index is 0.163. The summed E-state index contributed by atoms with van der Waals surface area (Å²) in [6.07, 6.45) is 0. The van der Waals surface area contributed by atoms with Gasteiger partial charge in [0.2, 0.25) is 5.91 Å². The van der Waals surface area contributed by atoms with Gasteiger partial charge in [-0.1, -0.05) is 12.1 Å². The number of hydrogen-bond acceptors (Lipinski definition) is 5. The van der Waals surface area contributed by atoms with Crippen LogP contribution in [-0.2, 0) is 9.59 Å². The van der Waals surface area contributed by atoms with E-state index in [-0.39, 0.29) is 17.2 Å². The van der Waals surface area contributed by atoms with Gasteiger partial charge < -0.3 is 10.1 Å². The Morgan fingerprint density at radius 2 is 1.78 bits per heavy atom. The Balaban J connectivity index is 1.72. The summed E-state index contributed by atoms with van der Waals surface area (Å²) in [7, 11) is 1.59. The number of rotatable bonds is 5. The second-order valence-corrected chi connectivity index (χ2v) is 6.97. The van der Waals surface area contributed by atoms with E-state index in [4.69, 9.17) is 4.74 Å². The lowest BCUT2D eigenvalue weighted by atomic mass is 10.2. The number of nitrogens with one attached hydrogen (secondary N) is 2. The lowest BCUT2D eigenvalue weighted by Crippen LogP contribution is -2.44. The Kier molecular flexibility index (Phi) is 5.66. The van der Waals surface area contributed by atoms with Gasteiger partial charge in [0.1, 0.15) is 11.1 Å². The summed E-state index contributed by atoms with van der Waals surface area (Å²) in [5.74, 6) is 0.276. The largest absolute Gasteiger partial charge is 0.497 e. The molecule has 0 radical (unpaired) electrons. The summed E-state index contributed by atoms with van der Waals surface area (Å²) >= 11 is 1.44. The average Bonchev–Trinajstić information content (AvgIpc) is 3.02.